The minimum atomic E-state index is -0.366. The third-order valence-corrected chi connectivity index (χ3v) is 3.16. The summed E-state index contributed by atoms with van der Waals surface area (Å²) in [5, 5.41) is 2.76. The highest BCUT2D eigenvalue weighted by molar-refractivity contribution is 5.94. The van der Waals surface area contributed by atoms with Crippen molar-refractivity contribution in [3.05, 3.63) is 77.9 Å². The fourth-order valence-electron chi connectivity index (χ4n) is 1.98. The molecule has 2 aromatic heterocycles. The van der Waals surface area contributed by atoms with Gasteiger partial charge in [0.2, 0.25) is 0 Å². The molecule has 110 valence electrons. The Morgan fingerprint density at radius 1 is 1.14 bits per heavy atom. The van der Waals surface area contributed by atoms with Gasteiger partial charge in [-0.25, -0.2) is 4.39 Å². The van der Waals surface area contributed by atoms with Gasteiger partial charge in [0, 0.05) is 18.3 Å². The molecule has 5 heteroatoms. The largest absolute Gasteiger partial charge is 0.463 e. The molecule has 1 aromatic carbocycles. The summed E-state index contributed by atoms with van der Waals surface area (Å²) in [7, 11) is 0. The molecular weight excluding hydrogens is 283 g/mol. The number of carbonyl (C=O) groups excluding carboxylic acids is 1. The Kier molecular flexibility index (Phi) is 3.96. The molecule has 0 aliphatic rings. The second-order valence-electron chi connectivity index (χ2n) is 4.72. The van der Waals surface area contributed by atoms with E-state index in [1.165, 1.54) is 24.3 Å². The van der Waals surface area contributed by atoms with Crippen LogP contribution in [0.3, 0.4) is 0 Å². The third-order valence-electron chi connectivity index (χ3n) is 3.16. The van der Waals surface area contributed by atoms with Crippen LogP contribution in [0.15, 0.2) is 65.4 Å². The quantitative estimate of drug-likeness (QED) is 0.802. The van der Waals surface area contributed by atoms with Crippen LogP contribution in [0.25, 0.3) is 11.5 Å². The number of hydrogen-bond acceptors (Lipinski definition) is 3. The SMILES string of the molecule is O=C(NCc1ccc(-c2ccco2)nc1)c1ccc(F)cc1. The molecule has 0 saturated heterocycles. The molecule has 0 aliphatic heterocycles. The molecule has 0 aliphatic carbocycles. The first kappa shape index (κ1) is 14.0. The summed E-state index contributed by atoms with van der Waals surface area (Å²) < 4.78 is 18.1. The fourth-order valence-corrected chi connectivity index (χ4v) is 1.98. The number of pyridine rings is 1. The number of furan rings is 1. The zero-order chi connectivity index (χ0) is 15.4. The van der Waals surface area contributed by atoms with Crippen LogP contribution in [-0.4, -0.2) is 10.9 Å². The summed E-state index contributed by atoms with van der Waals surface area (Å²) in [6, 6.07) is 12.7. The molecule has 0 fully saturated rings. The number of halogens is 1. The first-order chi connectivity index (χ1) is 10.7. The van der Waals surface area contributed by atoms with Gasteiger partial charge in [-0.1, -0.05) is 6.07 Å². The van der Waals surface area contributed by atoms with Crippen LogP contribution < -0.4 is 5.32 Å². The van der Waals surface area contributed by atoms with Crippen LogP contribution in [-0.2, 0) is 6.54 Å². The van der Waals surface area contributed by atoms with E-state index in [9.17, 15) is 9.18 Å². The Morgan fingerprint density at radius 2 is 1.95 bits per heavy atom. The highest BCUT2D eigenvalue weighted by Crippen LogP contribution is 2.17. The Balaban J connectivity index is 1.61. The predicted octanol–water partition coefficient (Wildman–Crippen LogP) is 3.41. The van der Waals surface area contributed by atoms with Crippen molar-refractivity contribution >= 4 is 5.91 Å². The van der Waals surface area contributed by atoms with Gasteiger partial charge in [-0.15, -0.1) is 0 Å². The maximum absolute atomic E-state index is 12.8. The van der Waals surface area contributed by atoms with E-state index in [2.05, 4.69) is 10.3 Å². The lowest BCUT2D eigenvalue weighted by Gasteiger charge is -2.05. The average molecular weight is 296 g/mol. The van der Waals surface area contributed by atoms with Crippen LogP contribution in [0.5, 0.6) is 0 Å². The molecule has 3 rings (SSSR count). The zero-order valence-corrected chi connectivity index (χ0v) is 11.6. The number of aromatic nitrogens is 1. The van der Waals surface area contributed by atoms with Gasteiger partial charge in [0.1, 0.15) is 11.5 Å². The maximum Gasteiger partial charge on any atom is 0.251 e. The predicted molar refractivity (Wildman–Crippen MR) is 79.5 cm³/mol. The summed E-state index contributed by atoms with van der Waals surface area (Å²) in [6.07, 6.45) is 3.27. The fraction of sp³-hybridized carbons (Fsp3) is 0.0588. The van der Waals surface area contributed by atoms with E-state index >= 15 is 0 Å². The molecule has 1 N–H and O–H groups in total. The Morgan fingerprint density at radius 3 is 2.59 bits per heavy atom. The van der Waals surface area contributed by atoms with Gasteiger partial charge in [-0.2, -0.15) is 0 Å². The summed E-state index contributed by atoms with van der Waals surface area (Å²) in [5.41, 5.74) is 2.02. The van der Waals surface area contributed by atoms with Gasteiger partial charge in [-0.05, 0) is 48.0 Å². The van der Waals surface area contributed by atoms with E-state index in [1.54, 1.807) is 18.5 Å². The van der Waals surface area contributed by atoms with Crippen LogP contribution in [0.2, 0.25) is 0 Å². The lowest BCUT2D eigenvalue weighted by Crippen LogP contribution is -2.22. The molecule has 0 spiro atoms. The normalized spacial score (nSPS) is 10.4. The molecular formula is C17H13FN2O2. The lowest BCUT2D eigenvalue weighted by atomic mass is 10.2. The summed E-state index contributed by atoms with van der Waals surface area (Å²) >= 11 is 0. The molecule has 0 bridgehead atoms. The number of amides is 1. The van der Waals surface area contributed by atoms with Crippen LogP contribution in [0, 0.1) is 5.82 Å². The standard InChI is InChI=1S/C17H13FN2O2/c18-14-6-4-13(5-7-14)17(21)20-11-12-3-8-15(19-10-12)16-2-1-9-22-16/h1-10H,11H2,(H,20,21). The molecule has 0 radical (unpaired) electrons. The Labute approximate surface area is 126 Å². The van der Waals surface area contributed by atoms with E-state index in [4.69, 9.17) is 4.42 Å². The molecule has 22 heavy (non-hydrogen) atoms. The average Bonchev–Trinajstić information content (AvgIpc) is 3.08. The minimum Gasteiger partial charge on any atom is -0.463 e. The molecule has 3 aromatic rings. The highest BCUT2D eigenvalue weighted by atomic mass is 19.1. The molecule has 0 saturated carbocycles. The number of carbonyl (C=O) groups is 1. The minimum absolute atomic E-state index is 0.255. The molecule has 4 nitrogen and oxygen atoms in total. The van der Waals surface area contributed by atoms with Gasteiger partial charge < -0.3 is 9.73 Å². The van der Waals surface area contributed by atoms with E-state index in [1.807, 2.05) is 18.2 Å². The number of rotatable bonds is 4. The van der Waals surface area contributed by atoms with Gasteiger partial charge in [0.25, 0.3) is 5.91 Å². The number of hydrogen-bond donors (Lipinski definition) is 1. The van der Waals surface area contributed by atoms with Gasteiger partial charge >= 0.3 is 0 Å². The van der Waals surface area contributed by atoms with Crippen molar-refractivity contribution in [1.29, 1.82) is 0 Å². The van der Waals surface area contributed by atoms with Crippen molar-refractivity contribution < 1.29 is 13.6 Å². The van der Waals surface area contributed by atoms with E-state index < -0.39 is 0 Å². The van der Waals surface area contributed by atoms with Gasteiger partial charge in [-0.3, -0.25) is 9.78 Å². The summed E-state index contributed by atoms with van der Waals surface area (Å²) in [5.74, 6) is 0.0753. The molecule has 0 unspecified atom stereocenters. The van der Waals surface area contributed by atoms with Crippen molar-refractivity contribution in [2.75, 3.05) is 0 Å². The molecule has 1 amide bonds. The second kappa shape index (κ2) is 6.22. The summed E-state index contributed by atoms with van der Waals surface area (Å²) in [6.45, 7) is 0.349. The zero-order valence-electron chi connectivity index (χ0n) is 11.6. The van der Waals surface area contributed by atoms with Crippen molar-refractivity contribution in [2.45, 2.75) is 6.54 Å². The first-order valence-corrected chi connectivity index (χ1v) is 6.75. The smallest absolute Gasteiger partial charge is 0.251 e. The van der Waals surface area contributed by atoms with E-state index in [0.717, 1.165) is 11.3 Å². The van der Waals surface area contributed by atoms with E-state index in [0.29, 0.717) is 17.9 Å². The van der Waals surface area contributed by atoms with Crippen molar-refractivity contribution in [1.82, 2.24) is 10.3 Å². The van der Waals surface area contributed by atoms with Gasteiger partial charge in [0.15, 0.2) is 5.76 Å². The van der Waals surface area contributed by atoms with Gasteiger partial charge in [0.05, 0.1) is 6.26 Å². The number of benzene rings is 1. The second-order valence-corrected chi connectivity index (χ2v) is 4.72. The number of nitrogens with one attached hydrogen (secondary N) is 1. The number of nitrogens with zero attached hydrogens (tertiary/aromatic N) is 1. The monoisotopic (exact) mass is 296 g/mol. The van der Waals surface area contributed by atoms with Crippen LogP contribution in [0.4, 0.5) is 4.39 Å². The summed E-state index contributed by atoms with van der Waals surface area (Å²) in [4.78, 5) is 16.2. The van der Waals surface area contributed by atoms with Crippen molar-refractivity contribution in [3.8, 4) is 11.5 Å². The topological polar surface area (TPSA) is 55.1 Å². The van der Waals surface area contributed by atoms with Crippen molar-refractivity contribution in [3.63, 3.8) is 0 Å². The maximum atomic E-state index is 12.8. The third kappa shape index (κ3) is 3.20. The highest BCUT2D eigenvalue weighted by Gasteiger charge is 2.06. The van der Waals surface area contributed by atoms with Crippen LogP contribution in [0.1, 0.15) is 15.9 Å². The van der Waals surface area contributed by atoms with Crippen molar-refractivity contribution in [2.24, 2.45) is 0 Å². The van der Waals surface area contributed by atoms with Crippen LogP contribution >= 0.6 is 0 Å². The lowest BCUT2D eigenvalue weighted by molar-refractivity contribution is 0.0951. The first-order valence-electron chi connectivity index (χ1n) is 6.75. The molecule has 2 heterocycles. The molecule has 0 atom stereocenters. The Bertz CT molecular complexity index is 750. The van der Waals surface area contributed by atoms with E-state index in [-0.39, 0.29) is 11.7 Å². The Hall–Kier alpha value is -2.95.